The molecule has 1 heterocycles. The second kappa shape index (κ2) is 6.65. The molecule has 3 heteroatoms. The molecular formula is C20H25N2O+. The zero-order valence-corrected chi connectivity index (χ0v) is 14.0. The Labute approximate surface area is 138 Å². The third-order valence-corrected chi connectivity index (χ3v) is 4.86. The molecule has 0 amide bonds. The largest absolute Gasteiger partial charge is 0.320 e. The fourth-order valence-corrected chi connectivity index (χ4v) is 3.16. The van der Waals surface area contributed by atoms with E-state index in [1.165, 1.54) is 18.7 Å². The Morgan fingerprint density at radius 3 is 2.13 bits per heavy atom. The maximum absolute atomic E-state index is 12.4. The molecule has 1 aliphatic rings. The number of carbonyl (C=O) groups excluding carboxylic acids is 1. The van der Waals surface area contributed by atoms with Gasteiger partial charge in [-0.25, -0.2) is 0 Å². The normalized spacial score (nSPS) is 17.8. The van der Waals surface area contributed by atoms with Crippen molar-refractivity contribution in [3.8, 4) is 0 Å². The van der Waals surface area contributed by atoms with E-state index in [9.17, 15) is 4.79 Å². The van der Waals surface area contributed by atoms with Crippen molar-refractivity contribution in [3.63, 3.8) is 0 Å². The van der Waals surface area contributed by atoms with E-state index in [0.717, 1.165) is 35.2 Å². The number of hydrogen-bond acceptors (Lipinski definition) is 2. The van der Waals surface area contributed by atoms with E-state index in [1.54, 1.807) is 0 Å². The Balaban J connectivity index is 1.69. The highest BCUT2D eigenvalue weighted by Crippen LogP contribution is 2.17. The van der Waals surface area contributed by atoms with Crippen LogP contribution in [0.2, 0.25) is 0 Å². The van der Waals surface area contributed by atoms with Crippen molar-refractivity contribution in [2.75, 3.05) is 40.3 Å². The molecule has 3 nitrogen and oxygen atoms in total. The fourth-order valence-electron chi connectivity index (χ4n) is 3.16. The Kier molecular flexibility index (Phi) is 4.60. The van der Waals surface area contributed by atoms with Crippen LogP contribution in [0.4, 0.5) is 0 Å². The highest BCUT2D eigenvalue weighted by atomic mass is 16.1. The van der Waals surface area contributed by atoms with Crippen LogP contribution in [-0.2, 0) is 6.54 Å². The van der Waals surface area contributed by atoms with Crippen LogP contribution in [0.25, 0.3) is 0 Å². The van der Waals surface area contributed by atoms with Crippen LogP contribution in [0, 0.1) is 0 Å². The summed E-state index contributed by atoms with van der Waals surface area (Å²) in [6.07, 6.45) is 0. The average molecular weight is 309 g/mol. The third-order valence-electron chi connectivity index (χ3n) is 4.86. The van der Waals surface area contributed by atoms with E-state index in [0.29, 0.717) is 0 Å². The summed E-state index contributed by atoms with van der Waals surface area (Å²) in [6.45, 7) is 5.71. The lowest BCUT2D eigenvalue weighted by Gasteiger charge is -2.41. The van der Waals surface area contributed by atoms with Gasteiger partial charge in [0, 0.05) is 29.8 Å². The number of nitrogens with zero attached hydrogens (tertiary/aromatic N) is 2. The number of piperazine rings is 1. The summed E-state index contributed by atoms with van der Waals surface area (Å²) in [4.78, 5) is 14.8. The number of likely N-dealkylation sites (N-methyl/N-ethyl adjacent to an activating group) is 2. The first-order chi connectivity index (χ1) is 11.1. The Hall–Kier alpha value is -1.97. The summed E-state index contributed by atoms with van der Waals surface area (Å²) in [6, 6.07) is 17.6. The SMILES string of the molecule is CN1CC[N+](C)(Cc2ccc(C(=O)c3ccccc3)cc2)CC1. The average Bonchev–Trinajstić information content (AvgIpc) is 2.59. The number of quaternary nitrogens is 1. The number of rotatable bonds is 4. The fraction of sp³-hybridized carbons (Fsp3) is 0.350. The van der Waals surface area contributed by atoms with Crippen LogP contribution in [0.15, 0.2) is 54.6 Å². The molecule has 1 saturated heterocycles. The van der Waals surface area contributed by atoms with Crippen molar-refractivity contribution < 1.29 is 9.28 Å². The molecule has 2 aromatic rings. The van der Waals surface area contributed by atoms with Crippen molar-refractivity contribution >= 4 is 5.78 Å². The first-order valence-corrected chi connectivity index (χ1v) is 8.27. The second-order valence-corrected chi connectivity index (χ2v) is 6.92. The molecular weight excluding hydrogens is 284 g/mol. The molecule has 0 N–H and O–H groups in total. The Morgan fingerprint density at radius 2 is 1.52 bits per heavy atom. The highest BCUT2D eigenvalue weighted by Gasteiger charge is 2.27. The lowest BCUT2D eigenvalue weighted by Crippen LogP contribution is -2.55. The van der Waals surface area contributed by atoms with E-state index in [2.05, 4.69) is 31.1 Å². The molecule has 0 spiro atoms. The van der Waals surface area contributed by atoms with Crippen LogP contribution in [-0.4, -0.2) is 55.4 Å². The van der Waals surface area contributed by atoms with Gasteiger partial charge in [-0.3, -0.25) is 9.69 Å². The van der Waals surface area contributed by atoms with Gasteiger partial charge in [-0.2, -0.15) is 0 Å². The van der Waals surface area contributed by atoms with Gasteiger partial charge in [0.15, 0.2) is 5.78 Å². The molecule has 1 fully saturated rings. The summed E-state index contributed by atoms with van der Waals surface area (Å²) in [7, 11) is 4.52. The van der Waals surface area contributed by atoms with E-state index < -0.39 is 0 Å². The van der Waals surface area contributed by atoms with Gasteiger partial charge < -0.3 is 4.48 Å². The van der Waals surface area contributed by atoms with Gasteiger partial charge in [0.25, 0.3) is 0 Å². The molecule has 0 bridgehead atoms. The van der Waals surface area contributed by atoms with Gasteiger partial charge in [-0.1, -0.05) is 54.6 Å². The monoisotopic (exact) mass is 309 g/mol. The zero-order chi connectivity index (χ0) is 16.3. The van der Waals surface area contributed by atoms with E-state index in [-0.39, 0.29) is 5.78 Å². The summed E-state index contributed by atoms with van der Waals surface area (Å²) in [5.41, 5.74) is 2.82. The van der Waals surface area contributed by atoms with Gasteiger partial charge >= 0.3 is 0 Å². The zero-order valence-electron chi connectivity index (χ0n) is 14.0. The molecule has 0 atom stereocenters. The summed E-state index contributed by atoms with van der Waals surface area (Å²) in [5.74, 6) is 0.0946. The summed E-state index contributed by atoms with van der Waals surface area (Å²) in [5, 5.41) is 0. The molecule has 1 aliphatic heterocycles. The first kappa shape index (κ1) is 15.9. The van der Waals surface area contributed by atoms with Crippen molar-refractivity contribution in [1.82, 2.24) is 4.90 Å². The minimum absolute atomic E-state index is 0.0946. The Bertz CT molecular complexity index is 656. The van der Waals surface area contributed by atoms with Gasteiger partial charge in [0.1, 0.15) is 6.54 Å². The molecule has 120 valence electrons. The van der Waals surface area contributed by atoms with E-state index in [4.69, 9.17) is 0 Å². The van der Waals surface area contributed by atoms with Crippen LogP contribution in [0.5, 0.6) is 0 Å². The summed E-state index contributed by atoms with van der Waals surface area (Å²) >= 11 is 0. The van der Waals surface area contributed by atoms with Gasteiger partial charge in [0.05, 0.1) is 20.1 Å². The van der Waals surface area contributed by atoms with Crippen LogP contribution in [0.1, 0.15) is 21.5 Å². The molecule has 0 radical (unpaired) electrons. The number of benzene rings is 2. The second-order valence-electron chi connectivity index (χ2n) is 6.92. The lowest BCUT2D eigenvalue weighted by molar-refractivity contribution is -0.926. The predicted octanol–water partition coefficient (Wildman–Crippen LogP) is 2.81. The topological polar surface area (TPSA) is 20.3 Å². The smallest absolute Gasteiger partial charge is 0.193 e. The number of ketones is 1. The molecule has 2 aromatic carbocycles. The molecule has 0 aromatic heterocycles. The number of carbonyl (C=O) groups is 1. The van der Waals surface area contributed by atoms with E-state index >= 15 is 0 Å². The van der Waals surface area contributed by atoms with Crippen molar-refractivity contribution in [1.29, 1.82) is 0 Å². The Morgan fingerprint density at radius 1 is 0.957 bits per heavy atom. The van der Waals surface area contributed by atoms with Gasteiger partial charge in [0.2, 0.25) is 0 Å². The quantitative estimate of drug-likeness (QED) is 0.639. The number of hydrogen-bond donors (Lipinski definition) is 0. The maximum atomic E-state index is 12.4. The predicted molar refractivity (Wildman–Crippen MR) is 93.4 cm³/mol. The minimum atomic E-state index is 0.0946. The van der Waals surface area contributed by atoms with Crippen molar-refractivity contribution in [2.45, 2.75) is 6.54 Å². The van der Waals surface area contributed by atoms with Gasteiger partial charge in [-0.05, 0) is 7.05 Å². The maximum Gasteiger partial charge on any atom is 0.193 e. The van der Waals surface area contributed by atoms with Crippen molar-refractivity contribution in [2.24, 2.45) is 0 Å². The highest BCUT2D eigenvalue weighted by molar-refractivity contribution is 6.08. The third kappa shape index (κ3) is 3.87. The van der Waals surface area contributed by atoms with Gasteiger partial charge in [-0.15, -0.1) is 0 Å². The first-order valence-electron chi connectivity index (χ1n) is 8.27. The molecule has 3 rings (SSSR count). The van der Waals surface area contributed by atoms with Crippen LogP contribution in [0.3, 0.4) is 0 Å². The lowest BCUT2D eigenvalue weighted by atomic mass is 10.0. The molecule has 0 aliphatic carbocycles. The minimum Gasteiger partial charge on any atom is -0.320 e. The van der Waals surface area contributed by atoms with Crippen LogP contribution >= 0.6 is 0 Å². The summed E-state index contributed by atoms with van der Waals surface area (Å²) < 4.78 is 1.08. The molecule has 0 saturated carbocycles. The molecule has 23 heavy (non-hydrogen) atoms. The van der Waals surface area contributed by atoms with E-state index in [1.807, 2.05) is 42.5 Å². The molecule has 0 unspecified atom stereocenters. The standard InChI is InChI=1S/C20H25N2O/c1-21-12-14-22(2,15-13-21)16-17-8-10-19(11-9-17)20(23)18-6-4-3-5-7-18/h3-11H,12-16H2,1-2H3/q+1. The van der Waals surface area contributed by atoms with Crippen LogP contribution < -0.4 is 0 Å². The van der Waals surface area contributed by atoms with Crippen molar-refractivity contribution in [3.05, 3.63) is 71.3 Å².